The number of halogens is 2. The number of carbonyl (C=O) groups excluding carboxylic acids is 1. The van der Waals surface area contributed by atoms with E-state index >= 15 is 0 Å². The van der Waals surface area contributed by atoms with Crippen molar-refractivity contribution in [3.8, 4) is 0 Å². The third-order valence-corrected chi connectivity index (χ3v) is 3.45. The molecule has 0 saturated heterocycles. The number of nitrogens with one attached hydrogen (secondary N) is 2. The summed E-state index contributed by atoms with van der Waals surface area (Å²) in [6.07, 6.45) is 0. The van der Waals surface area contributed by atoms with Crippen LogP contribution < -0.4 is 11.1 Å². The van der Waals surface area contributed by atoms with Crippen LogP contribution in [0.25, 0.3) is 0 Å². The molecule has 0 aliphatic heterocycles. The molecule has 1 heterocycles. The average molecular weight is 341 g/mol. The monoisotopic (exact) mass is 340 g/mol. The number of nitrogens with zero attached hydrogens (tertiary/aromatic N) is 1. The van der Waals surface area contributed by atoms with Gasteiger partial charge in [-0.1, -0.05) is 13.8 Å². The number of amides is 1. The molecule has 106 valence electrons. The second-order valence-electron chi connectivity index (χ2n) is 4.67. The van der Waals surface area contributed by atoms with Crippen LogP contribution in [0, 0.1) is 5.82 Å². The van der Waals surface area contributed by atoms with Crippen LogP contribution in [0.4, 0.5) is 15.9 Å². The predicted molar refractivity (Wildman–Crippen MR) is 79.1 cm³/mol. The van der Waals surface area contributed by atoms with Crippen molar-refractivity contribution in [1.82, 2.24) is 10.2 Å². The Labute approximate surface area is 123 Å². The van der Waals surface area contributed by atoms with Crippen LogP contribution in [-0.2, 0) is 0 Å². The Kier molecular flexibility index (Phi) is 4.08. The number of benzene rings is 1. The van der Waals surface area contributed by atoms with Crippen molar-refractivity contribution in [2.24, 2.45) is 0 Å². The number of aromatic amines is 1. The number of carbonyl (C=O) groups is 1. The third-order valence-electron chi connectivity index (χ3n) is 2.79. The van der Waals surface area contributed by atoms with Gasteiger partial charge in [0.15, 0.2) is 5.82 Å². The van der Waals surface area contributed by atoms with Gasteiger partial charge in [-0.25, -0.2) is 4.39 Å². The van der Waals surface area contributed by atoms with Crippen LogP contribution >= 0.6 is 15.9 Å². The quantitative estimate of drug-likeness (QED) is 0.749. The lowest BCUT2D eigenvalue weighted by molar-refractivity contribution is 0.102. The molecule has 7 heteroatoms. The molecule has 0 atom stereocenters. The van der Waals surface area contributed by atoms with Gasteiger partial charge in [0, 0.05) is 16.2 Å². The van der Waals surface area contributed by atoms with Crippen molar-refractivity contribution in [1.29, 1.82) is 0 Å². The fourth-order valence-corrected chi connectivity index (χ4v) is 2.12. The van der Waals surface area contributed by atoms with Crippen LogP contribution in [0.1, 0.15) is 35.8 Å². The van der Waals surface area contributed by atoms with E-state index in [1.165, 1.54) is 6.07 Å². The maximum Gasteiger partial charge on any atom is 0.258 e. The standard InChI is InChI=1S/C13H14BrFN4O/c1-6(2)11-5-12(19-18-11)17-13(20)7-3-10(16)9(15)4-8(7)14/h3-6H,16H2,1-2H3,(H2,17,18,19,20). The van der Waals surface area contributed by atoms with E-state index in [1.54, 1.807) is 6.07 Å². The number of anilines is 2. The zero-order valence-electron chi connectivity index (χ0n) is 11.0. The summed E-state index contributed by atoms with van der Waals surface area (Å²) in [5.41, 5.74) is 6.55. The summed E-state index contributed by atoms with van der Waals surface area (Å²) in [5, 5.41) is 9.46. The minimum Gasteiger partial charge on any atom is -0.396 e. The largest absolute Gasteiger partial charge is 0.396 e. The topological polar surface area (TPSA) is 83.8 Å². The Morgan fingerprint density at radius 1 is 1.45 bits per heavy atom. The first kappa shape index (κ1) is 14.5. The maximum atomic E-state index is 13.2. The van der Waals surface area contributed by atoms with Gasteiger partial charge in [0.1, 0.15) is 5.82 Å². The molecule has 5 nitrogen and oxygen atoms in total. The SMILES string of the molecule is CC(C)c1cc(NC(=O)c2cc(N)c(F)cc2Br)n[nH]1. The Bertz CT molecular complexity index is 654. The number of H-pyrrole nitrogens is 1. The third kappa shape index (κ3) is 2.98. The molecule has 0 radical (unpaired) electrons. The van der Waals surface area contributed by atoms with Crippen molar-refractivity contribution in [2.75, 3.05) is 11.1 Å². The van der Waals surface area contributed by atoms with E-state index in [-0.39, 0.29) is 17.2 Å². The van der Waals surface area contributed by atoms with Gasteiger partial charge in [0.05, 0.1) is 11.3 Å². The first-order valence-electron chi connectivity index (χ1n) is 5.99. The van der Waals surface area contributed by atoms with Gasteiger partial charge in [0.25, 0.3) is 5.91 Å². The highest BCUT2D eigenvalue weighted by molar-refractivity contribution is 9.10. The van der Waals surface area contributed by atoms with Crippen LogP contribution in [-0.4, -0.2) is 16.1 Å². The highest BCUT2D eigenvalue weighted by atomic mass is 79.9. The normalized spacial score (nSPS) is 10.8. The second kappa shape index (κ2) is 5.62. The van der Waals surface area contributed by atoms with Gasteiger partial charge in [-0.15, -0.1) is 0 Å². The summed E-state index contributed by atoms with van der Waals surface area (Å²) in [7, 11) is 0. The minimum atomic E-state index is -0.574. The molecular formula is C13H14BrFN4O. The van der Waals surface area contributed by atoms with E-state index < -0.39 is 11.7 Å². The lowest BCUT2D eigenvalue weighted by Gasteiger charge is -2.06. The van der Waals surface area contributed by atoms with Crippen molar-refractivity contribution in [3.05, 3.63) is 39.7 Å². The molecule has 0 unspecified atom stereocenters. The van der Waals surface area contributed by atoms with Crippen molar-refractivity contribution in [2.45, 2.75) is 19.8 Å². The average Bonchev–Trinajstić information content (AvgIpc) is 2.82. The molecule has 20 heavy (non-hydrogen) atoms. The van der Waals surface area contributed by atoms with Gasteiger partial charge in [0.2, 0.25) is 0 Å². The smallest absolute Gasteiger partial charge is 0.258 e. The first-order chi connectivity index (χ1) is 9.38. The Hall–Kier alpha value is -1.89. The van der Waals surface area contributed by atoms with E-state index in [1.807, 2.05) is 13.8 Å². The summed E-state index contributed by atoms with van der Waals surface area (Å²) in [6, 6.07) is 4.20. The first-order valence-corrected chi connectivity index (χ1v) is 6.79. The van der Waals surface area contributed by atoms with Crippen LogP contribution in [0.15, 0.2) is 22.7 Å². The number of aromatic nitrogens is 2. The molecule has 0 spiro atoms. The molecule has 0 saturated carbocycles. The molecule has 0 fully saturated rings. The lowest BCUT2D eigenvalue weighted by Crippen LogP contribution is -2.13. The number of rotatable bonds is 3. The molecule has 4 N–H and O–H groups in total. The van der Waals surface area contributed by atoms with Gasteiger partial charge in [-0.05, 0) is 34.0 Å². The number of hydrogen-bond donors (Lipinski definition) is 3. The fraction of sp³-hybridized carbons (Fsp3) is 0.231. The van der Waals surface area contributed by atoms with Gasteiger partial charge in [-0.3, -0.25) is 9.89 Å². The zero-order chi connectivity index (χ0) is 14.9. The van der Waals surface area contributed by atoms with Crippen LogP contribution in [0.5, 0.6) is 0 Å². The molecule has 0 aliphatic rings. The highest BCUT2D eigenvalue weighted by Gasteiger charge is 2.15. The van der Waals surface area contributed by atoms with E-state index in [0.29, 0.717) is 10.3 Å². The summed E-state index contributed by atoms with van der Waals surface area (Å²) >= 11 is 3.14. The lowest BCUT2D eigenvalue weighted by atomic mass is 10.1. The Morgan fingerprint density at radius 2 is 2.15 bits per heavy atom. The van der Waals surface area contributed by atoms with Crippen LogP contribution in [0.2, 0.25) is 0 Å². The van der Waals surface area contributed by atoms with Crippen LogP contribution in [0.3, 0.4) is 0 Å². The highest BCUT2D eigenvalue weighted by Crippen LogP contribution is 2.24. The van der Waals surface area contributed by atoms with E-state index in [4.69, 9.17) is 5.73 Å². The molecule has 2 aromatic rings. The molecule has 1 amide bonds. The summed E-state index contributed by atoms with van der Waals surface area (Å²) in [5.74, 6) is -0.296. The van der Waals surface area contributed by atoms with Crippen molar-refractivity contribution >= 4 is 33.3 Å². The van der Waals surface area contributed by atoms with Gasteiger partial charge < -0.3 is 11.1 Å². The molecule has 1 aromatic carbocycles. The van der Waals surface area contributed by atoms with E-state index in [2.05, 4.69) is 31.4 Å². The maximum absolute atomic E-state index is 13.2. The van der Waals surface area contributed by atoms with Gasteiger partial charge >= 0.3 is 0 Å². The molecule has 0 bridgehead atoms. The van der Waals surface area contributed by atoms with E-state index in [9.17, 15) is 9.18 Å². The van der Waals surface area contributed by atoms with E-state index in [0.717, 1.165) is 11.8 Å². The van der Waals surface area contributed by atoms with Crippen molar-refractivity contribution in [3.63, 3.8) is 0 Å². The minimum absolute atomic E-state index is 0.0803. The Morgan fingerprint density at radius 3 is 2.75 bits per heavy atom. The summed E-state index contributed by atoms with van der Waals surface area (Å²) in [6.45, 7) is 4.02. The second-order valence-corrected chi connectivity index (χ2v) is 5.53. The number of hydrogen-bond acceptors (Lipinski definition) is 3. The molecule has 1 aromatic heterocycles. The molecule has 0 aliphatic carbocycles. The van der Waals surface area contributed by atoms with Crippen molar-refractivity contribution < 1.29 is 9.18 Å². The molecular weight excluding hydrogens is 327 g/mol. The predicted octanol–water partition coefficient (Wildman–Crippen LogP) is 3.27. The fourth-order valence-electron chi connectivity index (χ4n) is 1.62. The number of nitrogens with two attached hydrogens (primary N) is 1. The Balaban J connectivity index is 2.21. The molecule has 2 rings (SSSR count). The zero-order valence-corrected chi connectivity index (χ0v) is 12.6. The summed E-state index contributed by atoms with van der Waals surface area (Å²) < 4.78 is 13.6. The number of nitrogen functional groups attached to an aromatic ring is 1. The van der Waals surface area contributed by atoms with Gasteiger partial charge in [-0.2, -0.15) is 5.10 Å². The summed E-state index contributed by atoms with van der Waals surface area (Å²) in [4.78, 5) is 12.1.